The van der Waals surface area contributed by atoms with Crippen LogP contribution in [0.15, 0.2) is 42.6 Å². The highest BCUT2D eigenvalue weighted by Gasteiger charge is 2.32. The van der Waals surface area contributed by atoms with E-state index in [4.69, 9.17) is 10.5 Å². The number of ether oxygens (including phenoxy) is 1. The minimum Gasteiger partial charge on any atom is -0.493 e. The van der Waals surface area contributed by atoms with Gasteiger partial charge in [0.2, 0.25) is 0 Å². The number of aromatic nitrogens is 1. The van der Waals surface area contributed by atoms with Gasteiger partial charge in [0.05, 0.1) is 12.2 Å². The second kappa shape index (κ2) is 8.50. The lowest BCUT2D eigenvalue weighted by molar-refractivity contribution is -0.137. The summed E-state index contributed by atoms with van der Waals surface area (Å²) in [6.07, 6.45) is -1.72. The summed E-state index contributed by atoms with van der Waals surface area (Å²) in [7, 11) is 0. The molecule has 2 amide bonds. The lowest BCUT2D eigenvalue weighted by atomic mass is 9.97. The fraction of sp³-hybridized carbons (Fsp3) is 0.350. The summed E-state index contributed by atoms with van der Waals surface area (Å²) in [6.45, 7) is 1.27. The molecule has 1 saturated heterocycles. The highest BCUT2D eigenvalue weighted by atomic mass is 19.4. The molecule has 2 aromatic rings. The SMILES string of the molecule is NC(=O)c1cc(OCC2CCN(C(=O)c3cccc(C(F)(F)F)c3)CC2)ccn1. The Bertz CT molecular complexity index is 894. The number of amides is 2. The number of halogens is 3. The zero-order chi connectivity index (χ0) is 21.0. The molecule has 0 aliphatic carbocycles. The molecule has 2 heterocycles. The molecule has 0 bridgehead atoms. The number of hydrogen-bond donors (Lipinski definition) is 1. The van der Waals surface area contributed by atoms with E-state index in [1.807, 2.05) is 0 Å². The van der Waals surface area contributed by atoms with Gasteiger partial charge in [-0.25, -0.2) is 0 Å². The summed E-state index contributed by atoms with van der Waals surface area (Å²) in [5, 5.41) is 0. The van der Waals surface area contributed by atoms with Crippen LogP contribution >= 0.6 is 0 Å². The summed E-state index contributed by atoms with van der Waals surface area (Å²) in [4.78, 5) is 29.1. The molecule has 1 aromatic heterocycles. The fourth-order valence-electron chi connectivity index (χ4n) is 3.16. The summed E-state index contributed by atoms with van der Waals surface area (Å²) in [5.74, 6) is -0.380. The monoisotopic (exact) mass is 407 g/mol. The Labute approximate surface area is 165 Å². The molecule has 1 aliphatic heterocycles. The van der Waals surface area contributed by atoms with Crippen LogP contribution in [0.2, 0.25) is 0 Å². The number of hydrogen-bond acceptors (Lipinski definition) is 4. The molecule has 1 fully saturated rings. The number of rotatable bonds is 5. The second-order valence-corrected chi connectivity index (χ2v) is 6.87. The fourth-order valence-corrected chi connectivity index (χ4v) is 3.16. The molecule has 0 spiro atoms. The quantitative estimate of drug-likeness (QED) is 0.825. The number of nitrogens with zero attached hydrogens (tertiary/aromatic N) is 2. The second-order valence-electron chi connectivity index (χ2n) is 6.87. The Morgan fingerprint density at radius 1 is 1.17 bits per heavy atom. The molecule has 2 N–H and O–H groups in total. The van der Waals surface area contributed by atoms with Gasteiger partial charge >= 0.3 is 6.18 Å². The van der Waals surface area contributed by atoms with Crippen LogP contribution in [0, 0.1) is 5.92 Å². The molecule has 9 heteroatoms. The molecular formula is C20H20F3N3O3. The number of primary amides is 1. The van der Waals surface area contributed by atoms with E-state index >= 15 is 0 Å². The number of piperidine rings is 1. The number of alkyl halides is 3. The first kappa shape index (κ1) is 20.6. The van der Waals surface area contributed by atoms with Crippen molar-refractivity contribution >= 4 is 11.8 Å². The maximum atomic E-state index is 12.9. The Hall–Kier alpha value is -3.10. The summed E-state index contributed by atoms with van der Waals surface area (Å²) in [6, 6.07) is 7.56. The third kappa shape index (κ3) is 5.24. The van der Waals surface area contributed by atoms with Crippen LogP contribution in [-0.2, 0) is 6.18 Å². The van der Waals surface area contributed by atoms with Crippen LogP contribution in [0.5, 0.6) is 5.75 Å². The predicted octanol–water partition coefficient (Wildman–Crippen LogP) is 3.13. The van der Waals surface area contributed by atoms with Crippen molar-refractivity contribution in [1.29, 1.82) is 0 Å². The highest BCUT2D eigenvalue weighted by molar-refractivity contribution is 5.94. The number of likely N-dealkylation sites (tertiary alicyclic amines) is 1. The summed E-state index contributed by atoms with van der Waals surface area (Å²) in [5.41, 5.74) is 4.50. The Morgan fingerprint density at radius 2 is 1.90 bits per heavy atom. The van der Waals surface area contributed by atoms with Crippen molar-refractivity contribution in [3.8, 4) is 5.75 Å². The molecule has 1 aliphatic rings. The Morgan fingerprint density at radius 3 is 2.55 bits per heavy atom. The van der Waals surface area contributed by atoms with Crippen LogP contribution in [0.25, 0.3) is 0 Å². The molecule has 1 aromatic carbocycles. The van der Waals surface area contributed by atoms with Crippen molar-refractivity contribution in [1.82, 2.24) is 9.88 Å². The van der Waals surface area contributed by atoms with Gasteiger partial charge < -0.3 is 15.4 Å². The van der Waals surface area contributed by atoms with E-state index < -0.39 is 23.6 Å². The number of carbonyl (C=O) groups is 2. The van der Waals surface area contributed by atoms with Gasteiger partial charge in [0.25, 0.3) is 11.8 Å². The topological polar surface area (TPSA) is 85.5 Å². The first-order valence-electron chi connectivity index (χ1n) is 9.09. The Kier molecular flexibility index (Phi) is 6.05. The van der Waals surface area contributed by atoms with E-state index in [9.17, 15) is 22.8 Å². The van der Waals surface area contributed by atoms with E-state index in [-0.39, 0.29) is 17.2 Å². The first-order chi connectivity index (χ1) is 13.7. The highest BCUT2D eigenvalue weighted by Crippen LogP contribution is 2.30. The van der Waals surface area contributed by atoms with E-state index in [0.29, 0.717) is 38.3 Å². The lowest BCUT2D eigenvalue weighted by Gasteiger charge is -2.32. The van der Waals surface area contributed by atoms with E-state index in [1.54, 1.807) is 11.0 Å². The smallest absolute Gasteiger partial charge is 0.416 e. The molecule has 3 rings (SSSR count). The number of nitrogens with two attached hydrogens (primary N) is 1. The number of carbonyl (C=O) groups excluding carboxylic acids is 2. The molecule has 0 radical (unpaired) electrons. The predicted molar refractivity (Wildman–Crippen MR) is 98.3 cm³/mol. The van der Waals surface area contributed by atoms with Crippen LogP contribution in [0.4, 0.5) is 13.2 Å². The number of pyridine rings is 1. The largest absolute Gasteiger partial charge is 0.493 e. The van der Waals surface area contributed by atoms with Gasteiger partial charge in [-0.2, -0.15) is 13.2 Å². The van der Waals surface area contributed by atoms with Gasteiger partial charge in [0, 0.05) is 30.9 Å². The van der Waals surface area contributed by atoms with Crippen LogP contribution in [0.3, 0.4) is 0 Å². The molecule has 6 nitrogen and oxygen atoms in total. The average Bonchev–Trinajstić information content (AvgIpc) is 2.72. The molecule has 0 saturated carbocycles. The van der Waals surface area contributed by atoms with E-state index in [2.05, 4.69) is 4.98 Å². The normalized spacial score (nSPS) is 15.2. The summed E-state index contributed by atoms with van der Waals surface area (Å²) < 4.78 is 44.2. The van der Waals surface area contributed by atoms with Gasteiger partial charge in [-0.05, 0) is 43.0 Å². The van der Waals surface area contributed by atoms with Crippen LogP contribution in [0.1, 0.15) is 39.3 Å². The molecule has 0 atom stereocenters. The standard InChI is InChI=1S/C20H20F3N3O3/c21-20(22,23)15-3-1-2-14(10-15)19(28)26-8-5-13(6-9-26)12-29-16-4-7-25-17(11-16)18(24)27/h1-4,7,10-11,13H,5-6,8-9,12H2,(H2,24,27). The van der Waals surface area contributed by atoms with Crippen molar-refractivity contribution in [2.24, 2.45) is 11.7 Å². The Balaban J connectivity index is 1.53. The van der Waals surface area contributed by atoms with Gasteiger partial charge in [-0.15, -0.1) is 0 Å². The maximum Gasteiger partial charge on any atom is 0.416 e. The van der Waals surface area contributed by atoms with Gasteiger partial charge in [-0.3, -0.25) is 14.6 Å². The number of benzene rings is 1. The maximum absolute atomic E-state index is 12.9. The third-order valence-corrected chi connectivity index (χ3v) is 4.81. The van der Waals surface area contributed by atoms with Crippen LogP contribution < -0.4 is 10.5 Å². The van der Waals surface area contributed by atoms with E-state index in [0.717, 1.165) is 12.1 Å². The van der Waals surface area contributed by atoms with Crippen molar-refractivity contribution in [2.75, 3.05) is 19.7 Å². The zero-order valence-electron chi connectivity index (χ0n) is 15.5. The van der Waals surface area contributed by atoms with Gasteiger partial charge in [0.15, 0.2) is 0 Å². The third-order valence-electron chi connectivity index (χ3n) is 4.81. The molecule has 154 valence electrons. The zero-order valence-corrected chi connectivity index (χ0v) is 15.5. The van der Waals surface area contributed by atoms with Crippen molar-refractivity contribution in [3.63, 3.8) is 0 Å². The minimum atomic E-state index is -4.48. The minimum absolute atomic E-state index is 0.0327. The molecule has 29 heavy (non-hydrogen) atoms. The van der Waals surface area contributed by atoms with Gasteiger partial charge in [-0.1, -0.05) is 6.07 Å². The average molecular weight is 407 g/mol. The first-order valence-corrected chi connectivity index (χ1v) is 9.09. The van der Waals surface area contributed by atoms with Crippen molar-refractivity contribution < 1.29 is 27.5 Å². The molecule has 0 unspecified atom stereocenters. The van der Waals surface area contributed by atoms with E-state index in [1.165, 1.54) is 24.4 Å². The van der Waals surface area contributed by atoms with Gasteiger partial charge in [0.1, 0.15) is 11.4 Å². The summed E-state index contributed by atoms with van der Waals surface area (Å²) >= 11 is 0. The van der Waals surface area contributed by atoms with Crippen LogP contribution in [-0.4, -0.2) is 41.4 Å². The van der Waals surface area contributed by atoms with Crippen molar-refractivity contribution in [2.45, 2.75) is 19.0 Å². The lowest BCUT2D eigenvalue weighted by Crippen LogP contribution is -2.39. The van der Waals surface area contributed by atoms with Crippen molar-refractivity contribution in [3.05, 3.63) is 59.4 Å². The molecular weight excluding hydrogens is 387 g/mol.